The number of ether oxygens (including phenoxy) is 1. The third-order valence-corrected chi connectivity index (χ3v) is 3.75. The van der Waals surface area contributed by atoms with Crippen LogP contribution < -0.4 is 10.1 Å². The van der Waals surface area contributed by atoms with Crippen LogP contribution in [0, 0.1) is 5.41 Å². The van der Waals surface area contributed by atoms with E-state index in [1.807, 2.05) is 18.2 Å². The third kappa shape index (κ3) is 3.38. The van der Waals surface area contributed by atoms with Crippen molar-refractivity contribution in [2.75, 3.05) is 19.7 Å². The van der Waals surface area contributed by atoms with Gasteiger partial charge in [0.05, 0.1) is 12.7 Å². The molecule has 0 spiro atoms. The normalized spacial score (nSPS) is 22.6. The lowest BCUT2D eigenvalue weighted by atomic mass is 9.87. The Balaban J connectivity index is 2.28. The number of aliphatic hydroxyl groups is 1. The molecular formula is C16H24N2O2. The quantitative estimate of drug-likeness (QED) is 0.723. The lowest BCUT2D eigenvalue weighted by Crippen LogP contribution is -2.39. The largest absolute Gasteiger partial charge is 0.493 e. The zero-order valence-corrected chi connectivity index (χ0v) is 12.3. The van der Waals surface area contributed by atoms with E-state index in [2.05, 4.69) is 12.2 Å². The average molecular weight is 276 g/mol. The van der Waals surface area contributed by atoms with Crippen molar-refractivity contribution in [3.63, 3.8) is 0 Å². The molecular weight excluding hydrogens is 252 g/mol. The molecule has 2 unspecified atom stereocenters. The van der Waals surface area contributed by atoms with Gasteiger partial charge in [-0.05, 0) is 44.0 Å². The maximum atomic E-state index is 10.1. The van der Waals surface area contributed by atoms with Gasteiger partial charge in [0.15, 0.2) is 0 Å². The average Bonchev–Trinajstić information content (AvgIpc) is 2.45. The van der Waals surface area contributed by atoms with E-state index in [0.717, 1.165) is 36.3 Å². The van der Waals surface area contributed by atoms with Crippen LogP contribution in [0.1, 0.15) is 43.7 Å². The van der Waals surface area contributed by atoms with Crippen LogP contribution in [0.2, 0.25) is 0 Å². The SMILES string of the molecule is CCCOc1cc(C2CCNCC2O)ccc1C(C)=N. The summed E-state index contributed by atoms with van der Waals surface area (Å²) in [5, 5.41) is 21.1. The predicted octanol–water partition coefficient (Wildman–Crippen LogP) is 2.30. The maximum Gasteiger partial charge on any atom is 0.128 e. The van der Waals surface area contributed by atoms with Crippen LogP contribution in [0.3, 0.4) is 0 Å². The van der Waals surface area contributed by atoms with Gasteiger partial charge in [-0.3, -0.25) is 0 Å². The highest BCUT2D eigenvalue weighted by Crippen LogP contribution is 2.30. The first-order chi connectivity index (χ1) is 9.63. The van der Waals surface area contributed by atoms with Gasteiger partial charge in [-0.2, -0.15) is 0 Å². The molecule has 1 saturated heterocycles. The van der Waals surface area contributed by atoms with Gasteiger partial charge in [0.1, 0.15) is 5.75 Å². The monoisotopic (exact) mass is 276 g/mol. The van der Waals surface area contributed by atoms with E-state index in [-0.39, 0.29) is 12.0 Å². The Morgan fingerprint density at radius 1 is 1.50 bits per heavy atom. The molecule has 0 aromatic heterocycles. The number of aliphatic hydroxyl groups excluding tert-OH is 1. The fourth-order valence-corrected chi connectivity index (χ4v) is 2.64. The van der Waals surface area contributed by atoms with Crippen molar-refractivity contribution in [1.29, 1.82) is 5.41 Å². The van der Waals surface area contributed by atoms with Gasteiger partial charge in [0.2, 0.25) is 0 Å². The second-order valence-electron chi connectivity index (χ2n) is 5.40. The zero-order chi connectivity index (χ0) is 14.5. The molecule has 2 rings (SSSR count). The molecule has 0 bridgehead atoms. The smallest absolute Gasteiger partial charge is 0.128 e. The Kier molecular flexibility index (Phi) is 5.15. The van der Waals surface area contributed by atoms with E-state index in [0.29, 0.717) is 18.9 Å². The van der Waals surface area contributed by atoms with Gasteiger partial charge >= 0.3 is 0 Å². The van der Waals surface area contributed by atoms with E-state index in [1.54, 1.807) is 6.92 Å². The van der Waals surface area contributed by atoms with Crippen molar-refractivity contribution in [2.24, 2.45) is 0 Å². The van der Waals surface area contributed by atoms with Crippen LogP contribution in [-0.4, -0.2) is 36.6 Å². The standard InChI is InChI=1S/C16H24N2O2/c1-3-8-20-16-9-12(4-5-13(16)11(2)17)14-6-7-18-10-15(14)19/h4-5,9,14-15,17-19H,3,6-8,10H2,1-2H3. The van der Waals surface area contributed by atoms with Crippen LogP contribution in [-0.2, 0) is 0 Å². The van der Waals surface area contributed by atoms with Crippen molar-refractivity contribution in [1.82, 2.24) is 5.32 Å². The molecule has 20 heavy (non-hydrogen) atoms. The van der Waals surface area contributed by atoms with E-state index in [9.17, 15) is 5.11 Å². The summed E-state index contributed by atoms with van der Waals surface area (Å²) in [7, 11) is 0. The first kappa shape index (κ1) is 15.0. The second kappa shape index (κ2) is 6.86. The number of hydrogen-bond donors (Lipinski definition) is 3. The summed E-state index contributed by atoms with van der Waals surface area (Å²) < 4.78 is 5.78. The Morgan fingerprint density at radius 2 is 2.30 bits per heavy atom. The predicted molar refractivity (Wildman–Crippen MR) is 81.0 cm³/mol. The van der Waals surface area contributed by atoms with Crippen LogP contribution in [0.5, 0.6) is 5.75 Å². The molecule has 110 valence electrons. The fraction of sp³-hybridized carbons (Fsp3) is 0.562. The van der Waals surface area contributed by atoms with Gasteiger partial charge in [0, 0.05) is 23.7 Å². The van der Waals surface area contributed by atoms with E-state index >= 15 is 0 Å². The lowest BCUT2D eigenvalue weighted by molar-refractivity contribution is 0.118. The minimum Gasteiger partial charge on any atom is -0.493 e. The number of piperidine rings is 1. The molecule has 2 atom stereocenters. The third-order valence-electron chi connectivity index (χ3n) is 3.75. The maximum absolute atomic E-state index is 10.1. The molecule has 4 heteroatoms. The minimum atomic E-state index is -0.352. The molecule has 0 saturated carbocycles. The summed E-state index contributed by atoms with van der Waals surface area (Å²) in [6.07, 6.45) is 1.52. The topological polar surface area (TPSA) is 65.3 Å². The summed E-state index contributed by atoms with van der Waals surface area (Å²) in [4.78, 5) is 0. The van der Waals surface area contributed by atoms with Gasteiger partial charge in [-0.25, -0.2) is 0 Å². The highest BCUT2D eigenvalue weighted by atomic mass is 16.5. The number of nitrogens with one attached hydrogen (secondary N) is 2. The first-order valence-corrected chi connectivity index (χ1v) is 7.34. The lowest BCUT2D eigenvalue weighted by Gasteiger charge is -2.29. The molecule has 1 aliphatic rings. The van der Waals surface area contributed by atoms with Crippen molar-refractivity contribution >= 4 is 5.71 Å². The van der Waals surface area contributed by atoms with Gasteiger partial charge in [0.25, 0.3) is 0 Å². The molecule has 3 N–H and O–H groups in total. The van der Waals surface area contributed by atoms with Crippen molar-refractivity contribution < 1.29 is 9.84 Å². The molecule has 4 nitrogen and oxygen atoms in total. The van der Waals surface area contributed by atoms with Gasteiger partial charge in [-0.1, -0.05) is 13.0 Å². The van der Waals surface area contributed by atoms with Gasteiger partial charge < -0.3 is 20.6 Å². The number of rotatable bonds is 5. The number of benzene rings is 1. The second-order valence-corrected chi connectivity index (χ2v) is 5.40. The van der Waals surface area contributed by atoms with Crippen LogP contribution >= 0.6 is 0 Å². The van der Waals surface area contributed by atoms with Crippen LogP contribution in [0.25, 0.3) is 0 Å². The fourth-order valence-electron chi connectivity index (χ4n) is 2.64. The highest BCUT2D eigenvalue weighted by molar-refractivity contribution is 5.98. The van der Waals surface area contributed by atoms with E-state index < -0.39 is 0 Å². The molecule has 0 amide bonds. The van der Waals surface area contributed by atoms with Crippen LogP contribution in [0.15, 0.2) is 18.2 Å². The van der Waals surface area contributed by atoms with E-state index in [4.69, 9.17) is 10.1 Å². The van der Waals surface area contributed by atoms with Gasteiger partial charge in [-0.15, -0.1) is 0 Å². The van der Waals surface area contributed by atoms with Crippen molar-refractivity contribution in [2.45, 2.75) is 38.7 Å². The summed E-state index contributed by atoms with van der Waals surface area (Å²) >= 11 is 0. The molecule has 1 aliphatic heterocycles. The Bertz CT molecular complexity index is 474. The molecule has 1 aromatic carbocycles. The molecule has 1 fully saturated rings. The molecule has 0 radical (unpaired) electrons. The number of β-amino-alcohol motifs (C(OH)–C–C–N with tert-alkyl or cyclic N) is 1. The van der Waals surface area contributed by atoms with Crippen molar-refractivity contribution in [3.05, 3.63) is 29.3 Å². The van der Waals surface area contributed by atoms with Crippen molar-refractivity contribution in [3.8, 4) is 5.75 Å². The Morgan fingerprint density at radius 3 is 2.95 bits per heavy atom. The highest BCUT2D eigenvalue weighted by Gasteiger charge is 2.25. The summed E-state index contributed by atoms with van der Waals surface area (Å²) in [5.74, 6) is 0.919. The summed E-state index contributed by atoms with van der Waals surface area (Å²) in [6, 6.07) is 5.96. The minimum absolute atomic E-state index is 0.153. The zero-order valence-electron chi connectivity index (χ0n) is 12.3. The van der Waals surface area contributed by atoms with Crippen LogP contribution in [0.4, 0.5) is 0 Å². The summed E-state index contributed by atoms with van der Waals surface area (Å²) in [5.41, 5.74) is 2.45. The Labute approximate surface area is 120 Å². The number of hydrogen-bond acceptors (Lipinski definition) is 4. The molecule has 1 aromatic rings. The Hall–Kier alpha value is -1.39. The van der Waals surface area contributed by atoms with E-state index in [1.165, 1.54) is 0 Å². The first-order valence-electron chi connectivity index (χ1n) is 7.34. The molecule has 0 aliphatic carbocycles. The summed E-state index contributed by atoms with van der Waals surface area (Å²) in [6.45, 7) is 6.06. The molecule has 1 heterocycles.